The molecule has 1 atom stereocenters. The Labute approximate surface area is 227 Å². The highest BCUT2D eigenvalue weighted by Crippen LogP contribution is 2.45. The number of carbonyl (C=O) groups is 1. The number of morpholine rings is 1. The van der Waals surface area contributed by atoms with Crippen LogP contribution in [0.15, 0.2) is 16.9 Å². The van der Waals surface area contributed by atoms with E-state index in [9.17, 15) is 9.59 Å². The largest absolute Gasteiger partial charge is 0.496 e. The van der Waals surface area contributed by atoms with Gasteiger partial charge in [-0.1, -0.05) is 11.6 Å². The molecule has 3 heterocycles. The van der Waals surface area contributed by atoms with Gasteiger partial charge in [0.05, 0.1) is 37.5 Å². The van der Waals surface area contributed by atoms with Gasteiger partial charge in [0, 0.05) is 36.0 Å². The highest BCUT2D eigenvalue weighted by Gasteiger charge is 2.36. The number of carbonyl (C=O) groups excluding carboxylic acids is 1. The Bertz CT molecular complexity index is 1230. The molecule has 2 fully saturated rings. The van der Waals surface area contributed by atoms with Gasteiger partial charge in [0.25, 0.3) is 11.5 Å². The molecule has 0 radical (unpaired) electrons. The van der Waals surface area contributed by atoms with Crippen molar-refractivity contribution in [1.82, 2.24) is 15.2 Å². The lowest BCUT2D eigenvalue weighted by atomic mass is 9.82. The van der Waals surface area contributed by atoms with Gasteiger partial charge in [0.1, 0.15) is 18.5 Å². The number of methoxy groups -OCH3 is 1. The number of nitrogens with zero attached hydrogens (tertiary/aromatic N) is 1. The Balaban J connectivity index is 1.27. The van der Waals surface area contributed by atoms with Gasteiger partial charge in [-0.25, -0.2) is 0 Å². The standard InChI is InChI=1S/C28H36ClN3O6/c1-16-12-23(35-3)21(28(34)31-16)14-30-27(33)20-13-22(29)26-25(17(20)2)38-24(15-37-26)18-4-6-19(7-5-18)32-8-10-36-11-9-32/h12-13,18-19,24H,4-11,14-15H2,1-3H3,(H,30,33)(H,31,34)/t18?,19?,24-/m1/s1. The van der Waals surface area contributed by atoms with E-state index in [1.807, 2.05) is 6.92 Å². The molecule has 206 valence electrons. The highest BCUT2D eigenvalue weighted by molar-refractivity contribution is 6.32. The van der Waals surface area contributed by atoms with Gasteiger partial charge in [-0.05, 0) is 57.6 Å². The number of fused-ring (bicyclic) bond motifs is 1. The van der Waals surface area contributed by atoms with Crippen LogP contribution in [-0.2, 0) is 11.3 Å². The molecule has 2 N–H and O–H groups in total. The van der Waals surface area contributed by atoms with Crippen molar-refractivity contribution in [1.29, 1.82) is 0 Å². The van der Waals surface area contributed by atoms with Crippen LogP contribution in [0.5, 0.6) is 17.2 Å². The van der Waals surface area contributed by atoms with E-state index in [4.69, 9.17) is 30.5 Å². The summed E-state index contributed by atoms with van der Waals surface area (Å²) < 4.78 is 23.4. The van der Waals surface area contributed by atoms with Gasteiger partial charge in [0.2, 0.25) is 0 Å². The molecular formula is C28H36ClN3O6. The zero-order valence-electron chi connectivity index (χ0n) is 22.2. The highest BCUT2D eigenvalue weighted by atomic mass is 35.5. The number of aryl methyl sites for hydroxylation is 1. The van der Waals surface area contributed by atoms with Crippen LogP contribution in [-0.4, -0.2) is 68.0 Å². The molecular weight excluding hydrogens is 510 g/mol. The molecule has 38 heavy (non-hydrogen) atoms. The molecule has 2 aromatic rings. The number of hydrogen-bond acceptors (Lipinski definition) is 7. The monoisotopic (exact) mass is 545 g/mol. The van der Waals surface area contributed by atoms with Crippen molar-refractivity contribution in [2.75, 3.05) is 40.0 Å². The summed E-state index contributed by atoms with van der Waals surface area (Å²) in [4.78, 5) is 30.9. The second-order valence-corrected chi connectivity index (χ2v) is 10.8. The Morgan fingerprint density at radius 2 is 1.89 bits per heavy atom. The molecule has 0 unspecified atom stereocenters. The summed E-state index contributed by atoms with van der Waals surface area (Å²) in [6.07, 6.45) is 4.34. The first kappa shape index (κ1) is 26.8. The smallest absolute Gasteiger partial charge is 0.256 e. The van der Waals surface area contributed by atoms with E-state index >= 15 is 0 Å². The van der Waals surface area contributed by atoms with E-state index in [2.05, 4.69) is 15.2 Å². The molecule has 5 rings (SSSR count). The lowest BCUT2D eigenvalue weighted by molar-refractivity contribution is -0.0118. The molecule has 1 aromatic carbocycles. The molecule has 2 aliphatic heterocycles. The van der Waals surface area contributed by atoms with E-state index in [-0.39, 0.29) is 24.1 Å². The number of aromatic nitrogens is 1. The summed E-state index contributed by atoms with van der Waals surface area (Å²) in [5, 5.41) is 3.16. The number of nitrogens with one attached hydrogen (secondary N) is 2. The topological polar surface area (TPSA) is 102 Å². The van der Waals surface area contributed by atoms with E-state index in [0.717, 1.165) is 52.0 Å². The average molecular weight is 546 g/mol. The fourth-order valence-electron chi connectivity index (χ4n) is 5.88. The average Bonchev–Trinajstić information content (AvgIpc) is 2.94. The minimum absolute atomic E-state index is 0.0120. The SMILES string of the molecule is COc1cc(C)[nH]c(=O)c1CNC(=O)c1cc(Cl)c2c(c1C)O[C@@H](C1CCC(N3CCOCC3)CC1)CO2. The summed E-state index contributed by atoms with van der Waals surface area (Å²) >= 11 is 6.53. The normalized spacial score (nSPS) is 23.6. The Morgan fingerprint density at radius 3 is 2.61 bits per heavy atom. The Hall–Kier alpha value is -2.75. The number of hydrogen-bond donors (Lipinski definition) is 2. The van der Waals surface area contributed by atoms with Crippen molar-refractivity contribution in [3.63, 3.8) is 0 Å². The summed E-state index contributed by atoms with van der Waals surface area (Å²) in [5.74, 6) is 1.47. The maximum absolute atomic E-state index is 13.2. The van der Waals surface area contributed by atoms with Gasteiger partial charge in [-0.3, -0.25) is 14.5 Å². The fourth-order valence-corrected chi connectivity index (χ4v) is 6.13. The third kappa shape index (κ3) is 5.51. The molecule has 1 aromatic heterocycles. The minimum Gasteiger partial charge on any atom is -0.496 e. The quantitative estimate of drug-likeness (QED) is 0.571. The molecule has 1 saturated heterocycles. The first-order valence-corrected chi connectivity index (χ1v) is 13.7. The van der Waals surface area contributed by atoms with Crippen molar-refractivity contribution in [2.24, 2.45) is 5.92 Å². The number of amides is 1. The van der Waals surface area contributed by atoms with Crippen molar-refractivity contribution in [3.05, 3.63) is 49.9 Å². The van der Waals surface area contributed by atoms with Crippen molar-refractivity contribution < 1.29 is 23.7 Å². The molecule has 1 amide bonds. The lowest BCUT2D eigenvalue weighted by Crippen LogP contribution is -2.47. The number of pyridine rings is 1. The third-order valence-electron chi connectivity index (χ3n) is 8.05. The van der Waals surface area contributed by atoms with Crippen LogP contribution in [0.2, 0.25) is 5.02 Å². The lowest BCUT2D eigenvalue weighted by Gasteiger charge is -2.41. The van der Waals surface area contributed by atoms with Crippen molar-refractivity contribution >= 4 is 17.5 Å². The van der Waals surface area contributed by atoms with Crippen LogP contribution in [0, 0.1) is 19.8 Å². The minimum atomic E-state index is -0.356. The fraction of sp³-hybridized carbons (Fsp3) is 0.571. The first-order chi connectivity index (χ1) is 18.4. The van der Waals surface area contributed by atoms with Crippen molar-refractivity contribution in [3.8, 4) is 17.2 Å². The number of halogens is 1. The Kier molecular flexibility index (Phi) is 8.16. The van der Waals surface area contributed by atoms with Crippen LogP contribution in [0.4, 0.5) is 0 Å². The van der Waals surface area contributed by atoms with E-state index in [1.165, 1.54) is 7.11 Å². The molecule has 1 saturated carbocycles. The second kappa shape index (κ2) is 11.6. The number of H-pyrrole nitrogens is 1. The van der Waals surface area contributed by atoms with E-state index in [1.54, 1.807) is 19.1 Å². The maximum Gasteiger partial charge on any atom is 0.256 e. The van der Waals surface area contributed by atoms with Crippen LogP contribution in [0.25, 0.3) is 0 Å². The molecule has 0 bridgehead atoms. The molecule has 9 nitrogen and oxygen atoms in total. The summed E-state index contributed by atoms with van der Waals surface area (Å²) in [7, 11) is 1.50. The van der Waals surface area contributed by atoms with Gasteiger partial charge in [0.15, 0.2) is 11.5 Å². The van der Waals surface area contributed by atoms with Gasteiger partial charge < -0.3 is 29.2 Å². The number of rotatable bonds is 6. The van der Waals surface area contributed by atoms with Crippen molar-refractivity contribution in [2.45, 2.75) is 58.2 Å². The second-order valence-electron chi connectivity index (χ2n) is 10.4. The number of ether oxygens (including phenoxy) is 4. The van der Waals surface area contributed by atoms with Crippen LogP contribution in [0.1, 0.15) is 52.9 Å². The van der Waals surface area contributed by atoms with E-state index in [0.29, 0.717) is 63.2 Å². The zero-order chi connectivity index (χ0) is 26.8. The first-order valence-electron chi connectivity index (χ1n) is 13.3. The predicted octanol–water partition coefficient (Wildman–Crippen LogP) is 3.61. The van der Waals surface area contributed by atoms with Gasteiger partial charge in [-0.15, -0.1) is 0 Å². The van der Waals surface area contributed by atoms with Crippen LogP contribution < -0.4 is 25.1 Å². The molecule has 3 aliphatic rings. The van der Waals surface area contributed by atoms with Crippen LogP contribution >= 0.6 is 11.6 Å². The maximum atomic E-state index is 13.2. The molecule has 0 spiro atoms. The van der Waals surface area contributed by atoms with Gasteiger partial charge in [-0.2, -0.15) is 0 Å². The summed E-state index contributed by atoms with van der Waals surface area (Å²) in [6, 6.07) is 3.93. The van der Waals surface area contributed by atoms with Crippen LogP contribution in [0.3, 0.4) is 0 Å². The zero-order valence-corrected chi connectivity index (χ0v) is 23.0. The molecule has 10 heteroatoms. The summed E-state index contributed by atoms with van der Waals surface area (Å²) in [6.45, 7) is 7.74. The van der Waals surface area contributed by atoms with Gasteiger partial charge >= 0.3 is 0 Å². The molecule has 1 aliphatic carbocycles. The summed E-state index contributed by atoms with van der Waals surface area (Å²) in [5.41, 5.74) is 1.78. The Morgan fingerprint density at radius 1 is 1.16 bits per heavy atom. The number of benzene rings is 1. The third-order valence-corrected chi connectivity index (χ3v) is 8.33. The predicted molar refractivity (Wildman–Crippen MR) is 144 cm³/mol. The number of aromatic amines is 1. The van der Waals surface area contributed by atoms with E-state index < -0.39 is 0 Å².